The molecule has 0 radical (unpaired) electrons. The molecule has 1 heterocycles. The van der Waals surface area contributed by atoms with Crippen molar-refractivity contribution in [2.75, 3.05) is 6.61 Å². The Kier molecular flexibility index (Phi) is 5.29. The number of ether oxygens (including phenoxy) is 1. The molecule has 1 N–H and O–H groups in total. The van der Waals surface area contributed by atoms with Crippen molar-refractivity contribution in [2.24, 2.45) is 11.0 Å². The lowest BCUT2D eigenvalue weighted by Gasteiger charge is -2.08. The monoisotopic (exact) mass is 386 g/mol. The normalized spacial score (nSPS) is 11.6. The smallest absolute Gasteiger partial charge is 0.307 e. The summed E-state index contributed by atoms with van der Waals surface area (Å²) in [5.41, 5.74) is 4.05. The van der Waals surface area contributed by atoms with Crippen molar-refractivity contribution in [3.63, 3.8) is 0 Å². The third-order valence-electron chi connectivity index (χ3n) is 4.49. The molecule has 0 saturated heterocycles. The summed E-state index contributed by atoms with van der Waals surface area (Å²) >= 11 is 0. The molecule has 0 aliphatic heterocycles. The lowest BCUT2D eigenvalue weighted by atomic mass is 10.1. The number of benzene rings is 3. The van der Waals surface area contributed by atoms with Crippen molar-refractivity contribution in [1.82, 2.24) is 5.43 Å². The number of carbonyl (C=O) groups is 1. The topological polar surface area (TPSA) is 63.8 Å². The number of hydrogen-bond donors (Lipinski definition) is 1. The average Bonchev–Trinajstić information content (AvgIpc) is 3.18. The number of nitrogens with zero attached hydrogens (tertiary/aromatic N) is 1. The van der Waals surface area contributed by atoms with Crippen LogP contribution in [-0.4, -0.2) is 18.7 Å². The lowest BCUT2D eigenvalue weighted by Crippen LogP contribution is -2.16. The summed E-state index contributed by atoms with van der Waals surface area (Å²) in [6.45, 7) is 4.89. The predicted molar refractivity (Wildman–Crippen MR) is 116 cm³/mol. The SMILES string of the molecule is CC(C)COc1ccc(/C=N\NC(=O)c2cc3c(ccc4ccccc43)o2)cc1. The van der Waals surface area contributed by atoms with E-state index in [0.717, 1.165) is 27.5 Å². The van der Waals surface area contributed by atoms with E-state index in [4.69, 9.17) is 9.15 Å². The molecule has 4 aromatic rings. The number of furan rings is 1. The molecule has 0 atom stereocenters. The third kappa shape index (κ3) is 4.29. The van der Waals surface area contributed by atoms with Crippen LogP contribution in [0.4, 0.5) is 0 Å². The Morgan fingerprint density at radius 1 is 1.07 bits per heavy atom. The fraction of sp³-hybridized carbons (Fsp3) is 0.167. The summed E-state index contributed by atoms with van der Waals surface area (Å²) in [6.07, 6.45) is 1.59. The quantitative estimate of drug-likeness (QED) is 0.357. The molecular weight excluding hydrogens is 364 g/mol. The molecule has 1 aromatic heterocycles. The van der Waals surface area contributed by atoms with Gasteiger partial charge in [-0.25, -0.2) is 5.43 Å². The van der Waals surface area contributed by atoms with Crippen LogP contribution < -0.4 is 10.2 Å². The van der Waals surface area contributed by atoms with Gasteiger partial charge >= 0.3 is 5.91 Å². The molecule has 0 aliphatic carbocycles. The van der Waals surface area contributed by atoms with Crippen LogP contribution in [0, 0.1) is 5.92 Å². The molecule has 29 heavy (non-hydrogen) atoms. The highest BCUT2D eigenvalue weighted by Crippen LogP contribution is 2.28. The molecule has 0 fully saturated rings. The Labute approximate surface area is 169 Å². The van der Waals surface area contributed by atoms with Crippen molar-refractivity contribution >= 4 is 33.9 Å². The van der Waals surface area contributed by atoms with Crippen molar-refractivity contribution in [3.8, 4) is 5.75 Å². The molecule has 1 amide bonds. The Bertz CT molecular complexity index is 1170. The summed E-state index contributed by atoms with van der Waals surface area (Å²) in [5.74, 6) is 1.13. The van der Waals surface area contributed by atoms with Gasteiger partial charge in [0.15, 0.2) is 5.76 Å². The van der Waals surface area contributed by atoms with Crippen LogP contribution in [0.5, 0.6) is 5.75 Å². The van der Waals surface area contributed by atoms with Crippen LogP contribution in [0.15, 0.2) is 76.2 Å². The van der Waals surface area contributed by atoms with E-state index >= 15 is 0 Å². The highest BCUT2D eigenvalue weighted by molar-refractivity contribution is 6.08. The zero-order valence-electron chi connectivity index (χ0n) is 16.4. The van der Waals surface area contributed by atoms with E-state index in [0.29, 0.717) is 18.1 Å². The highest BCUT2D eigenvalue weighted by atomic mass is 16.5. The molecule has 3 aromatic carbocycles. The average molecular weight is 386 g/mol. The van der Waals surface area contributed by atoms with E-state index in [1.54, 1.807) is 12.3 Å². The van der Waals surface area contributed by atoms with Crippen molar-refractivity contribution in [1.29, 1.82) is 0 Å². The molecule has 4 rings (SSSR count). The number of amides is 1. The predicted octanol–water partition coefficient (Wildman–Crippen LogP) is 5.38. The summed E-state index contributed by atoms with van der Waals surface area (Å²) in [6, 6.07) is 21.2. The van der Waals surface area contributed by atoms with Gasteiger partial charge in [-0.15, -0.1) is 0 Å². The number of carbonyl (C=O) groups excluding carboxylic acids is 1. The van der Waals surface area contributed by atoms with E-state index in [9.17, 15) is 4.79 Å². The zero-order chi connectivity index (χ0) is 20.2. The van der Waals surface area contributed by atoms with Crippen LogP contribution >= 0.6 is 0 Å². The summed E-state index contributed by atoms with van der Waals surface area (Å²) < 4.78 is 11.4. The van der Waals surface area contributed by atoms with Gasteiger partial charge in [-0.1, -0.05) is 44.2 Å². The lowest BCUT2D eigenvalue weighted by molar-refractivity contribution is 0.0929. The van der Waals surface area contributed by atoms with Gasteiger partial charge in [0.25, 0.3) is 0 Å². The zero-order valence-corrected chi connectivity index (χ0v) is 16.4. The second-order valence-corrected chi connectivity index (χ2v) is 7.28. The minimum atomic E-state index is -0.390. The largest absolute Gasteiger partial charge is 0.493 e. The molecule has 5 heteroatoms. The Morgan fingerprint density at radius 2 is 1.86 bits per heavy atom. The molecule has 0 aliphatic rings. The first-order chi connectivity index (χ1) is 14.1. The molecule has 0 bridgehead atoms. The van der Waals surface area contributed by atoms with Crippen LogP contribution in [0.3, 0.4) is 0 Å². The maximum absolute atomic E-state index is 12.4. The third-order valence-corrected chi connectivity index (χ3v) is 4.49. The summed E-state index contributed by atoms with van der Waals surface area (Å²) in [5, 5.41) is 7.10. The number of fused-ring (bicyclic) bond motifs is 3. The maximum Gasteiger partial charge on any atom is 0.307 e. The van der Waals surface area contributed by atoms with Gasteiger partial charge in [0.2, 0.25) is 0 Å². The molecule has 146 valence electrons. The maximum atomic E-state index is 12.4. The molecule has 5 nitrogen and oxygen atoms in total. The number of nitrogens with one attached hydrogen (secondary N) is 1. The van der Waals surface area contributed by atoms with Crippen LogP contribution in [0.25, 0.3) is 21.7 Å². The Balaban J connectivity index is 1.43. The van der Waals surface area contributed by atoms with Crippen LogP contribution in [-0.2, 0) is 0 Å². The van der Waals surface area contributed by atoms with Crippen molar-refractivity contribution in [2.45, 2.75) is 13.8 Å². The van der Waals surface area contributed by atoms with E-state index in [1.165, 1.54) is 0 Å². The standard InChI is InChI=1S/C24H22N2O3/c1-16(2)15-28-19-10-7-17(8-11-19)14-25-26-24(27)23-13-21-20-6-4-3-5-18(20)9-12-22(21)29-23/h3-14,16H,15H2,1-2H3,(H,26,27)/b25-14-. The summed E-state index contributed by atoms with van der Waals surface area (Å²) in [7, 11) is 0. The molecule has 0 saturated carbocycles. The van der Waals surface area contributed by atoms with Gasteiger partial charge in [-0.05, 0) is 58.7 Å². The first-order valence-electron chi connectivity index (χ1n) is 9.58. The van der Waals surface area contributed by atoms with E-state index < -0.39 is 5.91 Å². The first-order valence-corrected chi connectivity index (χ1v) is 9.58. The van der Waals surface area contributed by atoms with Crippen LogP contribution in [0.2, 0.25) is 0 Å². The minimum Gasteiger partial charge on any atom is -0.493 e. The van der Waals surface area contributed by atoms with Crippen LogP contribution in [0.1, 0.15) is 30.0 Å². The number of hydrazone groups is 1. The molecule has 0 spiro atoms. The van der Waals surface area contributed by atoms with Gasteiger partial charge < -0.3 is 9.15 Å². The van der Waals surface area contributed by atoms with E-state index in [2.05, 4.69) is 24.4 Å². The van der Waals surface area contributed by atoms with Crippen molar-refractivity contribution < 1.29 is 13.9 Å². The molecular formula is C24H22N2O3. The second kappa shape index (κ2) is 8.19. The van der Waals surface area contributed by atoms with E-state index in [-0.39, 0.29) is 5.76 Å². The van der Waals surface area contributed by atoms with Gasteiger partial charge in [0.1, 0.15) is 11.3 Å². The van der Waals surface area contributed by atoms with E-state index in [1.807, 2.05) is 60.7 Å². The fourth-order valence-electron chi connectivity index (χ4n) is 3.04. The molecule has 0 unspecified atom stereocenters. The first kappa shape index (κ1) is 18.7. The van der Waals surface area contributed by atoms with Gasteiger partial charge in [-0.2, -0.15) is 5.10 Å². The fourth-order valence-corrected chi connectivity index (χ4v) is 3.04. The highest BCUT2D eigenvalue weighted by Gasteiger charge is 2.13. The Hall–Kier alpha value is -3.60. The Morgan fingerprint density at radius 3 is 2.66 bits per heavy atom. The second-order valence-electron chi connectivity index (χ2n) is 7.28. The minimum absolute atomic E-state index is 0.228. The van der Waals surface area contributed by atoms with Crippen molar-refractivity contribution in [3.05, 3.63) is 78.1 Å². The van der Waals surface area contributed by atoms with Gasteiger partial charge in [0, 0.05) is 5.39 Å². The van der Waals surface area contributed by atoms with Gasteiger partial charge in [-0.3, -0.25) is 4.79 Å². The van der Waals surface area contributed by atoms with Gasteiger partial charge in [0.05, 0.1) is 12.8 Å². The number of rotatable bonds is 6. The number of hydrogen-bond acceptors (Lipinski definition) is 4. The summed E-state index contributed by atoms with van der Waals surface area (Å²) in [4.78, 5) is 12.4.